The van der Waals surface area contributed by atoms with Crippen LogP contribution in [0.1, 0.15) is 38.4 Å². The van der Waals surface area contributed by atoms with E-state index in [0.29, 0.717) is 0 Å². The molecule has 33 heavy (non-hydrogen) atoms. The van der Waals surface area contributed by atoms with E-state index < -0.39 is 0 Å². The maximum absolute atomic E-state index is 6.33. The Morgan fingerprint density at radius 1 is 0.970 bits per heavy atom. The lowest BCUT2D eigenvalue weighted by Crippen LogP contribution is -2.48. The van der Waals surface area contributed by atoms with Gasteiger partial charge in [-0.3, -0.25) is 4.90 Å². The van der Waals surface area contributed by atoms with Crippen LogP contribution in [0.2, 0.25) is 0 Å². The van der Waals surface area contributed by atoms with E-state index in [1.54, 1.807) is 7.11 Å². The first-order chi connectivity index (χ1) is 15.9. The summed E-state index contributed by atoms with van der Waals surface area (Å²) in [5.74, 6) is 2.55. The van der Waals surface area contributed by atoms with Crippen LogP contribution in [-0.4, -0.2) is 58.4 Å². The van der Waals surface area contributed by atoms with Crippen molar-refractivity contribution in [3.05, 3.63) is 66.2 Å². The van der Waals surface area contributed by atoms with Gasteiger partial charge < -0.3 is 14.1 Å². The fraction of sp³-hybridized carbons (Fsp3) is 0.400. The molecule has 2 aromatic heterocycles. The van der Waals surface area contributed by atoms with Gasteiger partial charge in [0.25, 0.3) is 0 Å². The fourth-order valence-corrected chi connectivity index (χ4v) is 4.48. The quantitative estimate of drug-likeness (QED) is 0.457. The number of tetrazole rings is 1. The zero-order valence-electron chi connectivity index (χ0n) is 19.6. The van der Waals surface area contributed by atoms with Crippen molar-refractivity contribution in [1.29, 1.82) is 0 Å². The number of rotatable bonds is 5. The van der Waals surface area contributed by atoms with Gasteiger partial charge in [0, 0.05) is 37.3 Å². The van der Waals surface area contributed by atoms with Crippen LogP contribution < -0.4 is 9.64 Å². The highest BCUT2D eigenvalue weighted by molar-refractivity contribution is 5.77. The minimum atomic E-state index is -0.242. The van der Waals surface area contributed by atoms with Crippen LogP contribution in [0.25, 0.3) is 11.0 Å². The van der Waals surface area contributed by atoms with E-state index in [0.717, 1.165) is 54.5 Å². The SMILES string of the molecule is COc1ccc(N2CCN(C(c3cc4ccccc4o3)c3nnnn3C(C)(C)C)CC2)cc1. The molecular weight excluding hydrogens is 416 g/mol. The Hall–Kier alpha value is -3.39. The molecule has 1 fully saturated rings. The minimum absolute atomic E-state index is 0.162. The van der Waals surface area contributed by atoms with E-state index in [2.05, 4.69) is 70.4 Å². The first-order valence-corrected chi connectivity index (χ1v) is 11.3. The van der Waals surface area contributed by atoms with E-state index in [9.17, 15) is 0 Å². The second-order valence-corrected chi connectivity index (χ2v) is 9.43. The van der Waals surface area contributed by atoms with Gasteiger partial charge in [-0.15, -0.1) is 5.10 Å². The number of ether oxygens (including phenoxy) is 1. The van der Waals surface area contributed by atoms with Crippen molar-refractivity contribution < 1.29 is 9.15 Å². The Kier molecular flexibility index (Phi) is 5.54. The first-order valence-electron chi connectivity index (χ1n) is 11.3. The molecule has 1 unspecified atom stereocenters. The number of fused-ring (bicyclic) bond motifs is 1. The van der Waals surface area contributed by atoms with Crippen molar-refractivity contribution in [3.8, 4) is 5.75 Å². The minimum Gasteiger partial charge on any atom is -0.497 e. The summed E-state index contributed by atoms with van der Waals surface area (Å²) >= 11 is 0. The first kappa shape index (κ1) is 21.5. The summed E-state index contributed by atoms with van der Waals surface area (Å²) < 4.78 is 13.6. The predicted molar refractivity (Wildman–Crippen MR) is 128 cm³/mol. The molecule has 0 radical (unpaired) electrons. The topological polar surface area (TPSA) is 72.5 Å². The van der Waals surface area contributed by atoms with Crippen molar-refractivity contribution in [1.82, 2.24) is 25.1 Å². The van der Waals surface area contributed by atoms with Crippen LogP contribution in [0, 0.1) is 0 Å². The molecule has 5 rings (SSSR count). The molecule has 1 aliphatic heterocycles. The highest BCUT2D eigenvalue weighted by Crippen LogP contribution is 2.34. The number of hydrogen-bond acceptors (Lipinski definition) is 7. The van der Waals surface area contributed by atoms with Gasteiger partial charge in [-0.1, -0.05) is 18.2 Å². The molecule has 0 saturated carbocycles. The van der Waals surface area contributed by atoms with Gasteiger partial charge in [-0.2, -0.15) is 0 Å². The van der Waals surface area contributed by atoms with Gasteiger partial charge in [0.05, 0.1) is 12.6 Å². The number of furan rings is 1. The van der Waals surface area contributed by atoms with E-state index >= 15 is 0 Å². The molecule has 1 aliphatic rings. The summed E-state index contributed by atoms with van der Waals surface area (Å²) in [6.07, 6.45) is 0. The summed E-state index contributed by atoms with van der Waals surface area (Å²) in [6.45, 7) is 9.88. The molecule has 1 saturated heterocycles. The Morgan fingerprint density at radius 2 is 1.70 bits per heavy atom. The smallest absolute Gasteiger partial charge is 0.176 e. The number of anilines is 1. The summed E-state index contributed by atoms with van der Waals surface area (Å²) in [5, 5.41) is 13.9. The lowest BCUT2D eigenvalue weighted by molar-refractivity contribution is 0.174. The number of aromatic nitrogens is 4. The number of para-hydroxylation sites is 1. The van der Waals surface area contributed by atoms with Gasteiger partial charge >= 0.3 is 0 Å². The second-order valence-electron chi connectivity index (χ2n) is 9.43. The van der Waals surface area contributed by atoms with Crippen LogP contribution in [0.3, 0.4) is 0 Å². The molecule has 8 heteroatoms. The molecular formula is C25H30N6O2. The third kappa shape index (κ3) is 4.18. The molecule has 2 aromatic carbocycles. The van der Waals surface area contributed by atoms with Crippen molar-refractivity contribution >= 4 is 16.7 Å². The average molecular weight is 447 g/mol. The van der Waals surface area contributed by atoms with Gasteiger partial charge in [-0.25, -0.2) is 4.68 Å². The number of nitrogens with zero attached hydrogens (tertiary/aromatic N) is 6. The summed E-state index contributed by atoms with van der Waals surface area (Å²) in [6, 6.07) is 18.3. The largest absolute Gasteiger partial charge is 0.497 e. The lowest BCUT2D eigenvalue weighted by atomic mass is 10.1. The number of hydrogen-bond donors (Lipinski definition) is 0. The van der Waals surface area contributed by atoms with Crippen LogP contribution >= 0.6 is 0 Å². The number of piperazine rings is 1. The van der Waals surface area contributed by atoms with Gasteiger partial charge in [0.1, 0.15) is 23.1 Å². The Balaban J connectivity index is 1.46. The monoisotopic (exact) mass is 446 g/mol. The molecule has 172 valence electrons. The summed E-state index contributed by atoms with van der Waals surface area (Å²) in [7, 11) is 1.69. The van der Waals surface area contributed by atoms with Gasteiger partial charge in [0.2, 0.25) is 0 Å². The number of benzene rings is 2. The molecule has 0 aliphatic carbocycles. The Morgan fingerprint density at radius 3 is 2.36 bits per heavy atom. The van der Waals surface area contributed by atoms with Crippen LogP contribution in [-0.2, 0) is 5.54 Å². The molecule has 0 spiro atoms. The third-order valence-electron chi connectivity index (χ3n) is 6.20. The van der Waals surface area contributed by atoms with Crippen LogP contribution in [0.4, 0.5) is 5.69 Å². The zero-order chi connectivity index (χ0) is 23.0. The van der Waals surface area contributed by atoms with Crippen LogP contribution in [0.5, 0.6) is 5.75 Å². The highest BCUT2D eigenvalue weighted by atomic mass is 16.5. The van der Waals surface area contributed by atoms with Crippen molar-refractivity contribution in [2.75, 3.05) is 38.2 Å². The normalized spacial score (nSPS) is 16.3. The van der Waals surface area contributed by atoms with E-state index in [1.165, 1.54) is 5.69 Å². The standard InChI is InChI=1S/C25H30N6O2/c1-25(2,3)31-24(26-27-28-31)23(22-17-18-7-5-6-8-21(18)33-22)30-15-13-29(14-16-30)19-9-11-20(32-4)12-10-19/h5-12,17,23H,13-16H2,1-4H3. The molecule has 1 atom stereocenters. The van der Waals surface area contributed by atoms with E-state index in [4.69, 9.17) is 9.15 Å². The van der Waals surface area contributed by atoms with Crippen LogP contribution in [0.15, 0.2) is 59.0 Å². The third-order valence-corrected chi connectivity index (χ3v) is 6.20. The fourth-order valence-electron chi connectivity index (χ4n) is 4.48. The van der Waals surface area contributed by atoms with Gasteiger partial charge in [-0.05, 0) is 67.6 Å². The highest BCUT2D eigenvalue weighted by Gasteiger charge is 2.35. The summed E-state index contributed by atoms with van der Waals surface area (Å²) in [4.78, 5) is 4.82. The van der Waals surface area contributed by atoms with Gasteiger partial charge in [0.15, 0.2) is 5.82 Å². The molecule has 0 amide bonds. The van der Waals surface area contributed by atoms with Crippen molar-refractivity contribution in [3.63, 3.8) is 0 Å². The predicted octanol–water partition coefficient (Wildman–Crippen LogP) is 4.09. The molecule has 0 bridgehead atoms. The lowest BCUT2D eigenvalue weighted by Gasteiger charge is -2.39. The molecule has 0 N–H and O–H groups in total. The maximum atomic E-state index is 6.33. The molecule has 3 heterocycles. The second kappa shape index (κ2) is 8.51. The molecule has 8 nitrogen and oxygen atoms in total. The van der Waals surface area contributed by atoms with Crippen molar-refractivity contribution in [2.45, 2.75) is 32.4 Å². The summed E-state index contributed by atoms with van der Waals surface area (Å²) in [5.41, 5.74) is 1.84. The Bertz CT molecular complexity index is 1180. The van der Waals surface area contributed by atoms with E-state index in [-0.39, 0.29) is 11.6 Å². The zero-order valence-corrected chi connectivity index (χ0v) is 19.6. The van der Waals surface area contributed by atoms with E-state index in [1.807, 2.05) is 35.0 Å². The Labute approximate surface area is 193 Å². The maximum Gasteiger partial charge on any atom is 0.176 e. The number of methoxy groups -OCH3 is 1. The molecule has 4 aromatic rings. The average Bonchev–Trinajstić information content (AvgIpc) is 3.47. The van der Waals surface area contributed by atoms with Crippen molar-refractivity contribution in [2.24, 2.45) is 0 Å².